The average Bonchev–Trinajstić information content (AvgIpc) is 2.75. The number of nitrogens with one attached hydrogen (secondary N) is 1. The van der Waals surface area contributed by atoms with E-state index in [1.807, 2.05) is 30.3 Å². The van der Waals surface area contributed by atoms with Crippen molar-refractivity contribution in [3.8, 4) is 11.3 Å². The summed E-state index contributed by atoms with van der Waals surface area (Å²) in [5, 5.41) is 7.15. The molecule has 2 aromatic carbocycles. The lowest BCUT2D eigenvalue weighted by Crippen LogP contribution is -2.23. The Morgan fingerprint density at radius 3 is 2.41 bits per heavy atom. The number of aryl methyl sites for hydroxylation is 1. The van der Waals surface area contributed by atoms with Gasteiger partial charge in [-0.25, -0.2) is 9.48 Å². The van der Waals surface area contributed by atoms with Crippen LogP contribution in [0.25, 0.3) is 11.3 Å². The second-order valence-corrected chi connectivity index (χ2v) is 6.37. The van der Waals surface area contributed by atoms with Gasteiger partial charge in [0.25, 0.3) is 5.56 Å². The number of methoxy groups -OCH3 is 1. The van der Waals surface area contributed by atoms with Crippen molar-refractivity contribution in [2.45, 2.75) is 19.4 Å². The molecule has 0 unspecified atom stereocenters. The molecule has 3 aromatic rings. The summed E-state index contributed by atoms with van der Waals surface area (Å²) in [6.07, 6.45) is 0.708. The maximum atomic E-state index is 12.1. The second kappa shape index (κ2) is 9.45. The summed E-state index contributed by atoms with van der Waals surface area (Å²) in [4.78, 5) is 35.6. The number of hydrogen-bond donors (Lipinski definition) is 1. The van der Waals surface area contributed by atoms with E-state index in [9.17, 15) is 14.4 Å². The molecule has 0 aliphatic carbocycles. The van der Waals surface area contributed by atoms with Crippen molar-refractivity contribution in [1.29, 1.82) is 0 Å². The van der Waals surface area contributed by atoms with Gasteiger partial charge >= 0.3 is 5.97 Å². The number of carbonyl (C=O) groups is 2. The summed E-state index contributed by atoms with van der Waals surface area (Å²) < 4.78 is 6.01. The lowest BCUT2D eigenvalue weighted by molar-refractivity contribution is -0.116. The zero-order chi connectivity index (χ0) is 20.6. The lowest BCUT2D eigenvalue weighted by atomic mass is 10.1. The number of ether oxygens (including phenoxy) is 1. The summed E-state index contributed by atoms with van der Waals surface area (Å²) in [6.45, 7) is 0.341. The van der Waals surface area contributed by atoms with E-state index in [1.54, 1.807) is 30.3 Å². The largest absolute Gasteiger partial charge is 0.465 e. The Labute approximate surface area is 168 Å². The number of esters is 1. The SMILES string of the molecule is COC(=O)c1ccc(NC(=O)CCCn2nc(-c3ccccc3)ccc2=O)cc1. The van der Waals surface area contributed by atoms with E-state index < -0.39 is 5.97 Å². The van der Waals surface area contributed by atoms with Crippen LogP contribution in [0.15, 0.2) is 71.5 Å². The number of rotatable bonds is 7. The highest BCUT2D eigenvalue weighted by Crippen LogP contribution is 2.14. The van der Waals surface area contributed by atoms with E-state index in [-0.39, 0.29) is 17.9 Å². The summed E-state index contributed by atoms with van der Waals surface area (Å²) >= 11 is 0. The molecule has 7 nitrogen and oxygen atoms in total. The van der Waals surface area contributed by atoms with E-state index in [0.29, 0.717) is 29.9 Å². The molecular weight excluding hydrogens is 370 g/mol. The summed E-state index contributed by atoms with van der Waals surface area (Å²) in [5.41, 5.74) is 2.43. The van der Waals surface area contributed by atoms with Gasteiger partial charge in [0.05, 0.1) is 18.4 Å². The van der Waals surface area contributed by atoms with Crippen LogP contribution in [0.2, 0.25) is 0 Å². The predicted molar refractivity (Wildman–Crippen MR) is 110 cm³/mol. The number of amides is 1. The highest BCUT2D eigenvalue weighted by atomic mass is 16.5. The van der Waals surface area contributed by atoms with Gasteiger partial charge in [0.15, 0.2) is 0 Å². The molecule has 0 radical (unpaired) electrons. The minimum Gasteiger partial charge on any atom is -0.465 e. The number of anilines is 1. The van der Waals surface area contributed by atoms with Crippen LogP contribution in [0.5, 0.6) is 0 Å². The molecule has 0 saturated heterocycles. The zero-order valence-electron chi connectivity index (χ0n) is 16.0. The Balaban J connectivity index is 1.55. The van der Waals surface area contributed by atoms with Crippen molar-refractivity contribution >= 4 is 17.6 Å². The predicted octanol–water partition coefficient (Wildman–Crippen LogP) is 3.12. The summed E-state index contributed by atoms with van der Waals surface area (Å²) in [5.74, 6) is -0.610. The number of aromatic nitrogens is 2. The number of nitrogens with zero attached hydrogens (tertiary/aromatic N) is 2. The zero-order valence-corrected chi connectivity index (χ0v) is 16.0. The molecule has 0 atom stereocenters. The molecule has 0 saturated carbocycles. The molecule has 3 rings (SSSR count). The average molecular weight is 391 g/mol. The fourth-order valence-corrected chi connectivity index (χ4v) is 2.79. The van der Waals surface area contributed by atoms with E-state index in [2.05, 4.69) is 15.2 Å². The van der Waals surface area contributed by atoms with Gasteiger partial charge in [-0.05, 0) is 36.8 Å². The van der Waals surface area contributed by atoms with Gasteiger partial charge < -0.3 is 10.1 Å². The molecule has 1 N–H and O–H groups in total. The van der Waals surface area contributed by atoms with Gasteiger partial charge in [-0.2, -0.15) is 5.10 Å². The van der Waals surface area contributed by atoms with Gasteiger partial charge in [0.2, 0.25) is 5.91 Å². The monoisotopic (exact) mass is 391 g/mol. The van der Waals surface area contributed by atoms with Crippen LogP contribution >= 0.6 is 0 Å². The van der Waals surface area contributed by atoms with Crippen LogP contribution in [-0.4, -0.2) is 28.8 Å². The first-order valence-electron chi connectivity index (χ1n) is 9.18. The van der Waals surface area contributed by atoms with Crippen LogP contribution in [0, 0.1) is 0 Å². The molecule has 0 aliphatic rings. The molecule has 0 spiro atoms. The Kier molecular flexibility index (Phi) is 6.52. The molecule has 0 bridgehead atoms. The Bertz CT molecular complexity index is 1040. The third-order valence-electron chi connectivity index (χ3n) is 4.30. The highest BCUT2D eigenvalue weighted by Gasteiger charge is 2.08. The fourth-order valence-electron chi connectivity index (χ4n) is 2.79. The molecule has 0 aliphatic heterocycles. The van der Waals surface area contributed by atoms with Crippen molar-refractivity contribution in [2.24, 2.45) is 0 Å². The Hall–Kier alpha value is -3.74. The van der Waals surface area contributed by atoms with Gasteiger partial charge in [-0.1, -0.05) is 30.3 Å². The Morgan fingerprint density at radius 2 is 1.72 bits per heavy atom. The molecule has 1 aromatic heterocycles. The number of carbonyl (C=O) groups excluding carboxylic acids is 2. The topological polar surface area (TPSA) is 90.3 Å². The van der Waals surface area contributed by atoms with E-state index in [1.165, 1.54) is 17.9 Å². The number of hydrogen-bond acceptors (Lipinski definition) is 5. The quantitative estimate of drug-likeness (QED) is 0.625. The van der Waals surface area contributed by atoms with Crippen molar-refractivity contribution in [2.75, 3.05) is 12.4 Å². The Morgan fingerprint density at radius 1 is 1.00 bits per heavy atom. The van der Waals surface area contributed by atoms with E-state index in [0.717, 1.165) is 5.56 Å². The second-order valence-electron chi connectivity index (χ2n) is 6.37. The molecule has 148 valence electrons. The number of benzene rings is 2. The smallest absolute Gasteiger partial charge is 0.337 e. The first-order chi connectivity index (χ1) is 14.1. The maximum Gasteiger partial charge on any atom is 0.337 e. The first-order valence-corrected chi connectivity index (χ1v) is 9.18. The standard InChI is InChI=1S/C22H21N3O4/c1-29-22(28)17-9-11-18(12-10-17)23-20(26)8-5-15-25-21(27)14-13-19(24-25)16-6-3-2-4-7-16/h2-4,6-7,9-14H,5,8,15H2,1H3,(H,23,26). The molecule has 0 fully saturated rings. The normalized spacial score (nSPS) is 10.4. The first kappa shape index (κ1) is 20.0. The summed E-state index contributed by atoms with van der Waals surface area (Å²) in [6, 6.07) is 19.2. The summed E-state index contributed by atoms with van der Waals surface area (Å²) in [7, 11) is 1.31. The van der Waals surface area contributed by atoms with E-state index >= 15 is 0 Å². The molecular formula is C22H21N3O4. The maximum absolute atomic E-state index is 12.1. The third-order valence-corrected chi connectivity index (χ3v) is 4.30. The van der Waals surface area contributed by atoms with Crippen molar-refractivity contribution in [3.63, 3.8) is 0 Å². The van der Waals surface area contributed by atoms with Gasteiger partial charge in [-0.15, -0.1) is 0 Å². The fraction of sp³-hybridized carbons (Fsp3) is 0.182. The van der Waals surface area contributed by atoms with Gasteiger partial charge in [-0.3, -0.25) is 9.59 Å². The molecule has 1 heterocycles. The lowest BCUT2D eigenvalue weighted by Gasteiger charge is -2.08. The third kappa shape index (κ3) is 5.38. The van der Waals surface area contributed by atoms with Crippen LogP contribution in [0.4, 0.5) is 5.69 Å². The van der Waals surface area contributed by atoms with Crippen LogP contribution < -0.4 is 10.9 Å². The van der Waals surface area contributed by atoms with Crippen LogP contribution in [0.1, 0.15) is 23.2 Å². The van der Waals surface area contributed by atoms with Crippen molar-refractivity contribution < 1.29 is 14.3 Å². The van der Waals surface area contributed by atoms with Gasteiger partial charge in [0.1, 0.15) is 0 Å². The molecule has 7 heteroatoms. The minimum absolute atomic E-state index is 0.178. The molecule has 1 amide bonds. The van der Waals surface area contributed by atoms with Crippen molar-refractivity contribution in [1.82, 2.24) is 9.78 Å². The molecule has 29 heavy (non-hydrogen) atoms. The van der Waals surface area contributed by atoms with Crippen molar-refractivity contribution in [3.05, 3.63) is 82.6 Å². The van der Waals surface area contributed by atoms with Crippen LogP contribution in [-0.2, 0) is 16.1 Å². The van der Waals surface area contributed by atoms with Crippen LogP contribution in [0.3, 0.4) is 0 Å². The van der Waals surface area contributed by atoms with E-state index in [4.69, 9.17) is 0 Å². The highest BCUT2D eigenvalue weighted by molar-refractivity contribution is 5.93. The minimum atomic E-state index is -0.432. The van der Waals surface area contributed by atoms with Gasteiger partial charge in [0, 0.05) is 30.3 Å².